The number of rotatable bonds is 7. The number of benzene rings is 2. The van der Waals surface area contributed by atoms with E-state index in [0.717, 1.165) is 17.0 Å². The first-order valence-corrected chi connectivity index (χ1v) is 8.76. The maximum absolute atomic E-state index is 12.2. The molecule has 0 fully saturated rings. The van der Waals surface area contributed by atoms with Crippen LogP contribution in [0.4, 0.5) is 5.69 Å². The van der Waals surface area contributed by atoms with Crippen molar-refractivity contribution in [2.45, 2.75) is 6.92 Å². The molecule has 3 rings (SSSR count). The average molecular weight is 376 g/mol. The molecule has 1 heterocycles. The van der Waals surface area contributed by atoms with Gasteiger partial charge in [-0.15, -0.1) is 0 Å². The van der Waals surface area contributed by atoms with E-state index in [2.05, 4.69) is 9.98 Å². The van der Waals surface area contributed by atoms with Crippen LogP contribution in [0.3, 0.4) is 0 Å². The zero-order chi connectivity index (χ0) is 19.8. The first-order valence-electron chi connectivity index (χ1n) is 8.76. The molecule has 6 heteroatoms. The van der Waals surface area contributed by atoms with Crippen LogP contribution >= 0.6 is 0 Å². The molecule has 28 heavy (non-hydrogen) atoms. The highest BCUT2D eigenvalue weighted by Gasteiger charge is 2.12. The molecule has 0 bridgehead atoms. The van der Waals surface area contributed by atoms with E-state index >= 15 is 0 Å². The molecule has 0 amide bonds. The molecule has 0 atom stereocenters. The predicted octanol–water partition coefficient (Wildman–Crippen LogP) is 4.46. The Balaban J connectivity index is 1.72. The van der Waals surface area contributed by atoms with E-state index in [4.69, 9.17) is 14.2 Å². The Morgan fingerprint density at radius 1 is 1.04 bits per heavy atom. The lowest BCUT2D eigenvalue weighted by Crippen LogP contribution is -2.09. The Morgan fingerprint density at radius 3 is 2.46 bits per heavy atom. The number of aliphatic imine (C=N–C) groups is 1. The second kappa shape index (κ2) is 9.32. The summed E-state index contributed by atoms with van der Waals surface area (Å²) < 4.78 is 16.2. The average Bonchev–Trinajstić information content (AvgIpc) is 2.74. The van der Waals surface area contributed by atoms with Gasteiger partial charge in [-0.3, -0.25) is 9.98 Å². The second-order valence-corrected chi connectivity index (χ2v) is 5.72. The van der Waals surface area contributed by atoms with E-state index in [9.17, 15) is 4.79 Å². The van der Waals surface area contributed by atoms with Gasteiger partial charge in [0, 0.05) is 18.6 Å². The number of carbonyl (C=O) groups excluding carboxylic acids is 1. The van der Waals surface area contributed by atoms with Crippen LogP contribution < -0.4 is 14.2 Å². The summed E-state index contributed by atoms with van der Waals surface area (Å²) in [7, 11) is 1.52. The van der Waals surface area contributed by atoms with Crippen molar-refractivity contribution in [1.82, 2.24) is 4.98 Å². The third kappa shape index (κ3) is 4.94. The quantitative estimate of drug-likeness (QED) is 0.346. The van der Waals surface area contributed by atoms with Crippen LogP contribution in [0.5, 0.6) is 17.2 Å². The number of hydrogen-bond donors (Lipinski definition) is 0. The molecule has 0 saturated heterocycles. The predicted molar refractivity (Wildman–Crippen MR) is 107 cm³/mol. The summed E-state index contributed by atoms with van der Waals surface area (Å²) in [6.45, 7) is 2.57. The molecule has 6 nitrogen and oxygen atoms in total. The van der Waals surface area contributed by atoms with Gasteiger partial charge in [0.25, 0.3) is 0 Å². The number of pyridine rings is 1. The first kappa shape index (κ1) is 19.1. The zero-order valence-corrected chi connectivity index (χ0v) is 15.7. The van der Waals surface area contributed by atoms with Gasteiger partial charge >= 0.3 is 5.97 Å². The van der Waals surface area contributed by atoms with Gasteiger partial charge in [0.15, 0.2) is 11.5 Å². The highest BCUT2D eigenvalue weighted by Crippen LogP contribution is 2.28. The minimum Gasteiger partial charge on any atom is -0.494 e. The second-order valence-electron chi connectivity index (χ2n) is 5.72. The fraction of sp³-hybridized carbons (Fsp3) is 0.136. The molecular formula is C22H20N2O4. The van der Waals surface area contributed by atoms with Crippen LogP contribution in [0.25, 0.3) is 0 Å². The SMILES string of the molecule is CCOc1ccc(N=Cc2ccc(OC(=O)c3ccncc3)c(OC)c2)cc1. The summed E-state index contributed by atoms with van der Waals surface area (Å²) in [5.74, 6) is 1.11. The van der Waals surface area contributed by atoms with Gasteiger partial charge in [-0.05, 0) is 67.1 Å². The van der Waals surface area contributed by atoms with Crippen molar-refractivity contribution in [2.75, 3.05) is 13.7 Å². The maximum Gasteiger partial charge on any atom is 0.343 e. The summed E-state index contributed by atoms with van der Waals surface area (Å²) in [6, 6.07) is 15.9. The Morgan fingerprint density at radius 2 is 1.79 bits per heavy atom. The van der Waals surface area contributed by atoms with Crippen LogP contribution in [-0.4, -0.2) is 30.9 Å². The van der Waals surface area contributed by atoms with Crippen molar-refractivity contribution >= 4 is 17.9 Å². The van der Waals surface area contributed by atoms with Gasteiger partial charge in [0.1, 0.15) is 5.75 Å². The number of carbonyl (C=O) groups is 1. The van der Waals surface area contributed by atoms with E-state index in [1.165, 1.54) is 19.5 Å². The standard InChI is InChI=1S/C22H20N2O4/c1-3-27-19-7-5-18(6-8-19)24-15-16-4-9-20(21(14-16)26-2)28-22(25)17-10-12-23-13-11-17/h4-15H,3H2,1-2H3. The van der Waals surface area contributed by atoms with Gasteiger partial charge < -0.3 is 14.2 Å². The van der Waals surface area contributed by atoms with Crippen LogP contribution in [0.1, 0.15) is 22.8 Å². The molecular weight excluding hydrogens is 356 g/mol. The van der Waals surface area contributed by atoms with Crippen LogP contribution in [-0.2, 0) is 0 Å². The monoisotopic (exact) mass is 376 g/mol. The van der Waals surface area contributed by atoms with Gasteiger partial charge in [0.2, 0.25) is 0 Å². The van der Waals surface area contributed by atoms with Gasteiger partial charge in [-0.25, -0.2) is 4.79 Å². The first-order chi connectivity index (χ1) is 13.7. The molecule has 0 radical (unpaired) electrons. The molecule has 0 aliphatic carbocycles. The summed E-state index contributed by atoms with van der Waals surface area (Å²) in [6.07, 6.45) is 4.79. The smallest absolute Gasteiger partial charge is 0.343 e. The molecule has 0 aliphatic heterocycles. The number of ether oxygens (including phenoxy) is 3. The molecule has 3 aromatic rings. The van der Waals surface area contributed by atoms with Gasteiger partial charge in [-0.1, -0.05) is 0 Å². The van der Waals surface area contributed by atoms with E-state index in [1.54, 1.807) is 36.5 Å². The number of esters is 1. The van der Waals surface area contributed by atoms with Gasteiger partial charge in [0.05, 0.1) is 25.0 Å². The fourth-order valence-corrected chi connectivity index (χ4v) is 2.44. The van der Waals surface area contributed by atoms with Crippen LogP contribution in [0, 0.1) is 0 Å². The van der Waals surface area contributed by atoms with Crippen molar-refractivity contribution in [3.05, 3.63) is 78.1 Å². The van der Waals surface area contributed by atoms with Gasteiger partial charge in [-0.2, -0.15) is 0 Å². The summed E-state index contributed by atoms with van der Waals surface area (Å²) in [5.41, 5.74) is 2.03. The van der Waals surface area contributed by atoms with E-state index in [-0.39, 0.29) is 0 Å². The molecule has 0 spiro atoms. The number of methoxy groups -OCH3 is 1. The Hall–Kier alpha value is -3.67. The van der Waals surface area contributed by atoms with Crippen molar-refractivity contribution in [2.24, 2.45) is 4.99 Å². The molecule has 0 aliphatic rings. The molecule has 0 N–H and O–H groups in total. The number of aromatic nitrogens is 1. The lowest BCUT2D eigenvalue weighted by Gasteiger charge is -2.09. The third-order valence-electron chi connectivity index (χ3n) is 3.82. The molecule has 1 aromatic heterocycles. The normalized spacial score (nSPS) is 10.6. The van der Waals surface area contributed by atoms with E-state index in [1.807, 2.05) is 31.2 Å². The maximum atomic E-state index is 12.2. The topological polar surface area (TPSA) is 70.0 Å². The molecule has 0 saturated carbocycles. The highest BCUT2D eigenvalue weighted by atomic mass is 16.6. The molecule has 142 valence electrons. The Labute approximate surface area is 163 Å². The van der Waals surface area contributed by atoms with Crippen molar-refractivity contribution < 1.29 is 19.0 Å². The largest absolute Gasteiger partial charge is 0.494 e. The van der Waals surface area contributed by atoms with E-state index in [0.29, 0.717) is 23.7 Å². The summed E-state index contributed by atoms with van der Waals surface area (Å²) in [4.78, 5) is 20.5. The van der Waals surface area contributed by atoms with Crippen molar-refractivity contribution in [3.8, 4) is 17.2 Å². The third-order valence-corrected chi connectivity index (χ3v) is 3.82. The summed E-state index contributed by atoms with van der Waals surface area (Å²) in [5, 5.41) is 0. The van der Waals surface area contributed by atoms with Crippen LogP contribution in [0.15, 0.2) is 72.0 Å². The zero-order valence-electron chi connectivity index (χ0n) is 15.7. The summed E-state index contributed by atoms with van der Waals surface area (Å²) >= 11 is 0. The Kier molecular flexibility index (Phi) is 6.36. The lowest BCUT2D eigenvalue weighted by atomic mass is 10.2. The molecule has 2 aromatic carbocycles. The highest BCUT2D eigenvalue weighted by molar-refractivity contribution is 5.91. The minimum absolute atomic E-state index is 0.336. The minimum atomic E-state index is -0.475. The number of nitrogens with zero attached hydrogens (tertiary/aromatic N) is 2. The molecule has 0 unspecified atom stereocenters. The number of hydrogen-bond acceptors (Lipinski definition) is 6. The lowest BCUT2D eigenvalue weighted by molar-refractivity contribution is 0.0729. The Bertz CT molecular complexity index is 954. The van der Waals surface area contributed by atoms with Crippen molar-refractivity contribution in [1.29, 1.82) is 0 Å². The van der Waals surface area contributed by atoms with E-state index < -0.39 is 5.97 Å². The fourth-order valence-electron chi connectivity index (χ4n) is 2.44. The van der Waals surface area contributed by atoms with Crippen LogP contribution in [0.2, 0.25) is 0 Å². The van der Waals surface area contributed by atoms with Crippen molar-refractivity contribution in [3.63, 3.8) is 0 Å².